The maximum absolute atomic E-state index is 12.9. The number of hydrogen-bond acceptors (Lipinski definition) is 6. The second kappa shape index (κ2) is 65.0. The van der Waals surface area contributed by atoms with Gasteiger partial charge in [0, 0.05) is 12.8 Å². The summed E-state index contributed by atoms with van der Waals surface area (Å²) in [6, 6.07) is 0. The van der Waals surface area contributed by atoms with E-state index in [0.29, 0.717) is 0 Å². The van der Waals surface area contributed by atoms with Crippen LogP contribution in [0.4, 0.5) is 0 Å². The molecule has 0 aromatic heterocycles. The maximum atomic E-state index is 12.9. The molecule has 1 unspecified atom stereocenters. The molecule has 0 spiro atoms. The van der Waals surface area contributed by atoms with E-state index in [2.05, 4.69) is 191 Å². The lowest BCUT2D eigenvalue weighted by atomic mass is 10.1. The Morgan fingerprint density at radius 1 is 0.278 bits per heavy atom. The number of carbonyl (C=O) groups excluding carboxylic acids is 3. The van der Waals surface area contributed by atoms with E-state index >= 15 is 0 Å². The zero-order valence-corrected chi connectivity index (χ0v) is 50.3. The van der Waals surface area contributed by atoms with Gasteiger partial charge in [-0.2, -0.15) is 0 Å². The standard InChI is InChI=1S/C73H112O6/c1-4-7-10-13-16-19-22-25-28-30-32-34-35-36-37-39-40-42-45-48-51-54-57-60-63-66-72(75)78-69-70(68-77-71(74)65-62-59-56-53-50-47-44-27-24-21-18-15-12-9-6-3)79-73(76)67-64-61-58-55-52-49-46-43-41-38-33-31-29-26-23-20-17-14-11-8-5-2/h7,9-10,12,16,18-19,21,23,25-28,31-34,36-37,40-44,48,50-51,53,59,62,70H,4-6,8,11,13-15,17,20,22,24,29-30,35,38-39,45-47,49,52,54-58,60-61,63-69H2,1-3H3/b10-7-,12-9-,19-16-,21-18-,26-23-,28-25-,33-31-,34-32-,37-36-,42-40-,43-41-,44-27-,51-48-,53-50-,62-59-. The van der Waals surface area contributed by atoms with Crippen molar-refractivity contribution in [1.82, 2.24) is 0 Å². The van der Waals surface area contributed by atoms with E-state index in [-0.39, 0.29) is 44.4 Å². The van der Waals surface area contributed by atoms with Crippen LogP contribution in [-0.2, 0) is 28.6 Å². The van der Waals surface area contributed by atoms with E-state index in [0.717, 1.165) is 148 Å². The molecule has 0 aliphatic carbocycles. The molecule has 0 amide bonds. The van der Waals surface area contributed by atoms with Crippen LogP contribution in [0.25, 0.3) is 0 Å². The first kappa shape index (κ1) is 73.5. The Morgan fingerprint density at radius 3 is 0.899 bits per heavy atom. The number of unbranched alkanes of at least 4 members (excludes halogenated alkanes) is 14. The Balaban J connectivity index is 4.58. The molecule has 0 aromatic rings. The monoisotopic (exact) mass is 1080 g/mol. The van der Waals surface area contributed by atoms with Gasteiger partial charge in [-0.3, -0.25) is 14.4 Å². The van der Waals surface area contributed by atoms with Gasteiger partial charge in [-0.15, -0.1) is 0 Å². The van der Waals surface area contributed by atoms with E-state index in [1.165, 1.54) is 51.4 Å². The van der Waals surface area contributed by atoms with Crippen LogP contribution in [0.15, 0.2) is 182 Å². The fourth-order valence-corrected chi connectivity index (χ4v) is 7.80. The van der Waals surface area contributed by atoms with Crippen LogP contribution >= 0.6 is 0 Å². The first-order chi connectivity index (χ1) is 39.0. The third-order valence-electron chi connectivity index (χ3n) is 12.4. The van der Waals surface area contributed by atoms with Crippen LogP contribution in [0, 0.1) is 0 Å². The molecule has 1 atom stereocenters. The molecular formula is C73H112O6. The van der Waals surface area contributed by atoms with Crippen LogP contribution in [0.1, 0.15) is 239 Å². The number of rotatable bonds is 54. The van der Waals surface area contributed by atoms with E-state index in [4.69, 9.17) is 14.2 Å². The van der Waals surface area contributed by atoms with E-state index in [1.807, 2.05) is 6.08 Å². The quantitative estimate of drug-likeness (QED) is 0.0261. The second-order valence-corrected chi connectivity index (χ2v) is 19.9. The Kier molecular flexibility index (Phi) is 60.5. The molecule has 0 saturated carbocycles. The number of esters is 3. The molecule has 0 aliphatic rings. The van der Waals surface area contributed by atoms with Crippen LogP contribution < -0.4 is 0 Å². The Hall–Kier alpha value is -5.49. The van der Waals surface area contributed by atoms with Gasteiger partial charge in [0.2, 0.25) is 0 Å². The largest absolute Gasteiger partial charge is 0.462 e. The van der Waals surface area contributed by atoms with E-state index < -0.39 is 12.1 Å². The summed E-state index contributed by atoms with van der Waals surface area (Å²) in [5, 5.41) is 0. The molecule has 440 valence electrons. The van der Waals surface area contributed by atoms with Gasteiger partial charge >= 0.3 is 17.9 Å². The molecule has 0 saturated heterocycles. The summed E-state index contributed by atoms with van der Waals surface area (Å²) >= 11 is 0. The minimum Gasteiger partial charge on any atom is -0.462 e. The van der Waals surface area contributed by atoms with Crippen molar-refractivity contribution in [2.75, 3.05) is 13.2 Å². The van der Waals surface area contributed by atoms with Crippen LogP contribution in [-0.4, -0.2) is 37.2 Å². The lowest BCUT2D eigenvalue weighted by Gasteiger charge is -2.18. The van der Waals surface area contributed by atoms with Gasteiger partial charge in [0.1, 0.15) is 13.2 Å². The topological polar surface area (TPSA) is 78.9 Å². The fourth-order valence-electron chi connectivity index (χ4n) is 7.80. The van der Waals surface area contributed by atoms with Crippen molar-refractivity contribution in [3.8, 4) is 0 Å². The molecule has 0 N–H and O–H groups in total. The van der Waals surface area contributed by atoms with E-state index in [1.54, 1.807) is 6.08 Å². The molecular weight excluding hydrogens is 973 g/mol. The fraction of sp³-hybridized carbons (Fsp3) is 0.548. The number of ether oxygens (including phenoxy) is 3. The summed E-state index contributed by atoms with van der Waals surface area (Å²) < 4.78 is 16.8. The minimum atomic E-state index is -0.852. The number of carbonyl (C=O) groups is 3. The highest BCUT2D eigenvalue weighted by Gasteiger charge is 2.19. The highest BCUT2D eigenvalue weighted by Crippen LogP contribution is 2.12. The van der Waals surface area contributed by atoms with Crippen molar-refractivity contribution in [1.29, 1.82) is 0 Å². The van der Waals surface area contributed by atoms with Gasteiger partial charge in [0.25, 0.3) is 0 Å². The second-order valence-electron chi connectivity index (χ2n) is 19.9. The highest BCUT2D eigenvalue weighted by atomic mass is 16.6. The lowest BCUT2D eigenvalue weighted by Crippen LogP contribution is -2.30. The molecule has 79 heavy (non-hydrogen) atoms. The van der Waals surface area contributed by atoms with Gasteiger partial charge in [0.15, 0.2) is 6.10 Å². The highest BCUT2D eigenvalue weighted by molar-refractivity contribution is 5.72. The van der Waals surface area contributed by atoms with Crippen molar-refractivity contribution in [2.24, 2.45) is 0 Å². The summed E-state index contributed by atoms with van der Waals surface area (Å²) in [5.41, 5.74) is 0. The molecule has 6 heteroatoms. The first-order valence-corrected chi connectivity index (χ1v) is 31.3. The van der Waals surface area contributed by atoms with Gasteiger partial charge < -0.3 is 14.2 Å². The van der Waals surface area contributed by atoms with Crippen LogP contribution in [0.2, 0.25) is 0 Å². The molecule has 0 radical (unpaired) electrons. The van der Waals surface area contributed by atoms with Crippen molar-refractivity contribution in [2.45, 2.75) is 245 Å². The Morgan fingerprint density at radius 2 is 0.544 bits per heavy atom. The minimum absolute atomic E-state index is 0.108. The summed E-state index contributed by atoms with van der Waals surface area (Å²) in [6.07, 6.45) is 97.7. The third kappa shape index (κ3) is 63.2. The zero-order valence-electron chi connectivity index (χ0n) is 50.3. The van der Waals surface area contributed by atoms with Crippen molar-refractivity contribution in [3.63, 3.8) is 0 Å². The normalized spacial score (nSPS) is 13.4. The molecule has 0 aromatic carbocycles. The van der Waals surface area contributed by atoms with Crippen molar-refractivity contribution in [3.05, 3.63) is 182 Å². The van der Waals surface area contributed by atoms with Crippen LogP contribution in [0.3, 0.4) is 0 Å². The van der Waals surface area contributed by atoms with Gasteiger partial charge in [-0.1, -0.05) is 261 Å². The first-order valence-electron chi connectivity index (χ1n) is 31.3. The Bertz CT molecular complexity index is 1870. The smallest absolute Gasteiger partial charge is 0.309 e. The third-order valence-corrected chi connectivity index (χ3v) is 12.4. The van der Waals surface area contributed by atoms with Gasteiger partial charge in [0.05, 0.1) is 6.42 Å². The summed E-state index contributed by atoms with van der Waals surface area (Å²) in [4.78, 5) is 38.2. The van der Waals surface area contributed by atoms with Crippen LogP contribution in [0.5, 0.6) is 0 Å². The number of hydrogen-bond donors (Lipinski definition) is 0. The predicted octanol–water partition coefficient (Wildman–Crippen LogP) is 21.7. The Labute approximate surface area is 484 Å². The molecule has 0 heterocycles. The van der Waals surface area contributed by atoms with Gasteiger partial charge in [-0.25, -0.2) is 0 Å². The molecule has 6 nitrogen and oxygen atoms in total. The number of allylic oxidation sites excluding steroid dienone is 29. The summed E-state index contributed by atoms with van der Waals surface area (Å²) in [5.74, 6) is -1.12. The SMILES string of the molecule is CC/C=C\C/C=C\C/C=C\C/C=C\C/C=C\C/C=C\C/C=C\CCCCCC(=O)OCC(COC(=O)C/C=C\C/C=C\C/C=C\C/C=C\C/C=C\CC)OC(=O)CCCCCCCC/C=C\C/C=C\C/C=C\CCCCCCC. The summed E-state index contributed by atoms with van der Waals surface area (Å²) in [6.45, 7) is 6.26. The average Bonchev–Trinajstić information content (AvgIpc) is 3.45. The molecule has 0 aliphatic heterocycles. The lowest BCUT2D eigenvalue weighted by molar-refractivity contribution is -0.166. The summed E-state index contributed by atoms with van der Waals surface area (Å²) in [7, 11) is 0. The molecule has 0 bridgehead atoms. The predicted molar refractivity (Wildman–Crippen MR) is 343 cm³/mol. The van der Waals surface area contributed by atoms with Crippen molar-refractivity contribution >= 4 is 17.9 Å². The van der Waals surface area contributed by atoms with Gasteiger partial charge in [-0.05, 0) is 141 Å². The molecule has 0 fully saturated rings. The van der Waals surface area contributed by atoms with Crippen molar-refractivity contribution < 1.29 is 28.6 Å². The average molecular weight is 1090 g/mol. The molecule has 0 rings (SSSR count). The zero-order chi connectivity index (χ0) is 57.1. The maximum Gasteiger partial charge on any atom is 0.309 e. The van der Waals surface area contributed by atoms with E-state index in [9.17, 15) is 14.4 Å².